The van der Waals surface area contributed by atoms with E-state index in [1.807, 2.05) is 0 Å². The molecule has 20 heavy (non-hydrogen) atoms. The number of imidazole rings is 1. The summed E-state index contributed by atoms with van der Waals surface area (Å²) in [5.41, 5.74) is 2.38. The molecule has 3 rings (SSSR count). The summed E-state index contributed by atoms with van der Waals surface area (Å²) in [6.07, 6.45) is 1.62. The Bertz CT molecular complexity index is 827. The number of nitrogens with zero attached hydrogens (tertiary/aromatic N) is 2. The summed E-state index contributed by atoms with van der Waals surface area (Å²) in [4.78, 5) is 15.3. The van der Waals surface area contributed by atoms with Crippen molar-refractivity contribution in [3.05, 3.63) is 58.3 Å². The number of rotatable bonds is 2. The van der Waals surface area contributed by atoms with Gasteiger partial charge < -0.3 is 5.11 Å². The Hall–Kier alpha value is -2.04. The van der Waals surface area contributed by atoms with Gasteiger partial charge in [-0.05, 0) is 36.4 Å². The summed E-state index contributed by atoms with van der Waals surface area (Å²) in [6, 6.07) is 9.96. The highest BCUT2D eigenvalue weighted by molar-refractivity contribution is 6.42. The number of carboxylic acids is 1. The van der Waals surface area contributed by atoms with Crippen LogP contribution in [-0.2, 0) is 0 Å². The maximum atomic E-state index is 11.0. The molecule has 0 unspecified atom stereocenters. The maximum absolute atomic E-state index is 11.0. The van der Waals surface area contributed by atoms with E-state index in [2.05, 4.69) is 4.98 Å². The lowest BCUT2D eigenvalue weighted by atomic mass is 10.2. The number of hydrogen-bond acceptors (Lipinski definition) is 2. The van der Waals surface area contributed by atoms with Crippen LogP contribution in [0, 0.1) is 0 Å². The Morgan fingerprint density at radius 2 is 1.90 bits per heavy atom. The van der Waals surface area contributed by atoms with Crippen molar-refractivity contribution in [2.45, 2.75) is 0 Å². The van der Waals surface area contributed by atoms with Gasteiger partial charge in [0.05, 0.1) is 26.6 Å². The molecule has 0 spiro atoms. The maximum Gasteiger partial charge on any atom is 0.335 e. The van der Waals surface area contributed by atoms with Crippen LogP contribution in [0.15, 0.2) is 42.7 Å². The monoisotopic (exact) mass is 306 g/mol. The van der Waals surface area contributed by atoms with Crippen molar-refractivity contribution >= 4 is 40.2 Å². The lowest BCUT2D eigenvalue weighted by Gasteiger charge is -2.06. The van der Waals surface area contributed by atoms with Crippen LogP contribution in [-0.4, -0.2) is 20.6 Å². The Morgan fingerprint density at radius 1 is 1.10 bits per heavy atom. The molecule has 0 saturated heterocycles. The highest BCUT2D eigenvalue weighted by atomic mass is 35.5. The molecule has 6 heteroatoms. The quantitative estimate of drug-likeness (QED) is 0.777. The molecule has 1 heterocycles. The van der Waals surface area contributed by atoms with E-state index in [9.17, 15) is 4.79 Å². The summed E-state index contributed by atoms with van der Waals surface area (Å²) in [7, 11) is 0. The molecule has 0 aliphatic rings. The highest BCUT2D eigenvalue weighted by Crippen LogP contribution is 2.26. The molecule has 1 aromatic heterocycles. The van der Waals surface area contributed by atoms with E-state index in [1.165, 1.54) is 6.07 Å². The normalized spacial score (nSPS) is 10.9. The number of carbonyl (C=O) groups is 1. The fourth-order valence-electron chi connectivity index (χ4n) is 1.98. The molecule has 0 saturated carbocycles. The first-order chi connectivity index (χ1) is 9.56. The van der Waals surface area contributed by atoms with E-state index in [1.54, 1.807) is 41.2 Å². The van der Waals surface area contributed by atoms with Gasteiger partial charge in [-0.1, -0.05) is 23.2 Å². The number of aromatic carboxylic acids is 1. The van der Waals surface area contributed by atoms with E-state index < -0.39 is 5.97 Å². The highest BCUT2D eigenvalue weighted by Gasteiger charge is 2.10. The second-order valence-corrected chi connectivity index (χ2v) is 5.04. The smallest absolute Gasteiger partial charge is 0.335 e. The van der Waals surface area contributed by atoms with Crippen LogP contribution in [0.2, 0.25) is 10.0 Å². The molecule has 0 aliphatic heterocycles. The standard InChI is InChI=1S/C14H8Cl2N2O2/c15-10-3-2-9(6-11(10)16)18-7-17-12-4-1-8(14(19)20)5-13(12)18/h1-7H,(H,19,20). The Morgan fingerprint density at radius 3 is 2.60 bits per heavy atom. The van der Waals surface area contributed by atoms with Crippen LogP contribution >= 0.6 is 23.2 Å². The molecule has 0 aliphatic carbocycles. The zero-order valence-corrected chi connectivity index (χ0v) is 11.6. The van der Waals surface area contributed by atoms with Gasteiger partial charge in [-0.3, -0.25) is 4.57 Å². The summed E-state index contributed by atoms with van der Waals surface area (Å²) in [5, 5.41) is 9.95. The van der Waals surface area contributed by atoms with Gasteiger partial charge in [-0.25, -0.2) is 9.78 Å². The predicted molar refractivity (Wildman–Crippen MR) is 78.0 cm³/mol. The lowest BCUT2D eigenvalue weighted by Crippen LogP contribution is -1.97. The molecular weight excluding hydrogens is 299 g/mol. The van der Waals surface area contributed by atoms with E-state index in [0.29, 0.717) is 21.1 Å². The SMILES string of the molecule is O=C(O)c1ccc2ncn(-c3ccc(Cl)c(Cl)c3)c2c1. The van der Waals surface area contributed by atoms with E-state index in [4.69, 9.17) is 28.3 Å². The number of benzene rings is 2. The van der Waals surface area contributed by atoms with Crippen LogP contribution in [0.1, 0.15) is 10.4 Å². The number of aromatic nitrogens is 2. The van der Waals surface area contributed by atoms with Crippen LogP contribution in [0.5, 0.6) is 0 Å². The van der Waals surface area contributed by atoms with Gasteiger partial charge >= 0.3 is 5.97 Å². The van der Waals surface area contributed by atoms with Crippen LogP contribution < -0.4 is 0 Å². The average molecular weight is 307 g/mol. The van der Waals surface area contributed by atoms with Crippen molar-refractivity contribution in [3.8, 4) is 5.69 Å². The molecule has 0 radical (unpaired) electrons. The van der Waals surface area contributed by atoms with Crippen LogP contribution in [0.3, 0.4) is 0 Å². The molecule has 0 atom stereocenters. The second kappa shape index (κ2) is 4.81. The predicted octanol–water partition coefficient (Wildman–Crippen LogP) is 4.03. The van der Waals surface area contributed by atoms with Crippen molar-refractivity contribution in [1.82, 2.24) is 9.55 Å². The third-order valence-electron chi connectivity index (χ3n) is 2.98. The summed E-state index contributed by atoms with van der Waals surface area (Å²) >= 11 is 11.9. The zero-order chi connectivity index (χ0) is 14.3. The van der Waals surface area contributed by atoms with Gasteiger partial charge in [0, 0.05) is 5.69 Å². The van der Waals surface area contributed by atoms with Gasteiger partial charge in [-0.15, -0.1) is 0 Å². The zero-order valence-electron chi connectivity index (χ0n) is 10.0. The average Bonchev–Trinajstić information content (AvgIpc) is 2.84. The number of carboxylic acid groups (broad SMARTS) is 1. The Labute approximate surface area is 124 Å². The minimum Gasteiger partial charge on any atom is -0.478 e. The molecule has 0 amide bonds. The number of halogens is 2. The van der Waals surface area contributed by atoms with Gasteiger partial charge in [-0.2, -0.15) is 0 Å². The van der Waals surface area contributed by atoms with Crippen molar-refractivity contribution < 1.29 is 9.90 Å². The summed E-state index contributed by atoms with van der Waals surface area (Å²) in [5.74, 6) is -0.978. The number of hydrogen-bond donors (Lipinski definition) is 1. The first-order valence-corrected chi connectivity index (χ1v) is 6.47. The topological polar surface area (TPSA) is 55.1 Å². The lowest BCUT2D eigenvalue weighted by molar-refractivity contribution is 0.0697. The first kappa shape index (κ1) is 13.0. The summed E-state index contributed by atoms with van der Waals surface area (Å²) < 4.78 is 1.77. The Balaban J connectivity index is 2.22. The Kier molecular flexibility index (Phi) is 3.12. The molecule has 100 valence electrons. The fourth-order valence-corrected chi connectivity index (χ4v) is 2.27. The van der Waals surface area contributed by atoms with Crippen LogP contribution in [0.25, 0.3) is 16.7 Å². The van der Waals surface area contributed by atoms with Crippen molar-refractivity contribution in [3.63, 3.8) is 0 Å². The van der Waals surface area contributed by atoms with Crippen molar-refractivity contribution in [1.29, 1.82) is 0 Å². The molecule has 4 nitrogen and oxygen atoms in total. The van der Waals surface area contributed by atoms with Gasteiger partial charge in [0.15, 0.2) is 0 Å². The van der Waals surface area contributed by atoms with Crippen molar-refractivity contribution in [2.24, 2.45) is 0 Å². The van der Waals surface area contributed by atoms with Gasteiger partial charge in [0.1, 0.15) is 6.33 Å². The number of fused-ring (bicyclic) bond motifs is 1. The molecule has 0 fully saturated rings. The minimum absolute atomic E-state index is 0.208. The van der Waals surface area contributed by atoms with Crippen LogP contribution in [0.4, 0.5) is 0 Å². The fraction of sp³-hybridized carbons (Fsp3) is 0. The van der Waals surface area contributed by atoms with E-state index in [0.717, 1.165) is 5.69 Å². The van der Waals surface area contributed by atoms with Crippen molar-refractivity contribution in [2.75, 3.05) is 0 Å². The molecule has 1 N–H and O–H groups in total. The largest absolute Gasteiger partial charge is 0.478 e. The van der Waals surface area contributed by atoms with E-state index in [-0.39, 0.29) is 5.56 Å². The third kappa shape index (κ3) is 2.13. The second-order valence-electron chi connectivity index (χ2n) is 4.22. The molecule has 3 aromatic rings. The molecular formula is C14H8Cl2N2O2. The minimum atomic E-state index is -0.978. The summed E-state index contributed by atoms with van der Waals surface area (Å²) in [6.45, 7) is 0. The van der Waals surface area contributed by atoms with E-state index >= 15 is 0 Å². The molecule has 2 aromatic carbocycles. The molecule has 0 bridgehead atoms. The van der Waals surface area contributed by atoms with Gasteiger partial charge in [0.2, 0.25) is 0 Å². The van der Waals surface area contributed by atoms with Gasteiger partial charge in [0.25, 0.3) is 0 Å². The first-order valence-electron chi connectivity index (χ1n) is 5.72. The third-order valence-corrected chi connectivity index (χ3v) is 3.71.